The summed E-state index contributed by atoms with van der Waals surface area (Å²) in [5.74, 6) is 3.52. The highest BCUT2D eigenvalue weighted by atomic mass is 16.5. The van der Waals surface area contributed by atoms with E-state index in [1.807, 2.05) is 48.0 Å². The van der Waals surface area contributed by atoms with Gasteiger partial charge in [0.25, 0.3) is 0 Å². The van der Waals surface area contributed by atoms with Crippen LogP contribution in [0.25, 0.3) is 17.2 Å². The third-order valence-electron chi connectivity index (χ3n) is 4.11. The van der Waals surface area contributed by atoms with Crippen LogP contribution in [0.1, 0.15) is 12.7 Å². The number of aromatic nitrogens is 7. The van der Waals surface area contributed by atoms with Crippen LogP contribution in [0.2, 0.25) is 0 Å². The molecule has 0 aliphatic carbocycles. The first-order chi connectivity index (χ1) is 13.8. The normalized spacial score (nSPS) is 10.8. The zero-order chi connectivity index (χ0) is 19.3. The molecule has 28 heavy (non-hydrogen) atoms. The first-order valence-electron chi connectivity index (χ1n) is 8.79. The van der Waals surface area contributed by atoms with Crippen molar-refractivity contribution >= 4 is 0 Å². The van der Waals surface area contributed by atoms with Gasteiger partial charge in [-0.05, 0) is 31.2 Å². The largest absolute Gasteiger partial charge is 0.497 e. The molecule has 9 heteroatoms. The zero-order valence-corrected chi connectivity index (χ0v) is 15.6. The Morgan fingerprint density at radius 2 is 1.86 bits per heavy atom. The van der Waals surface area contributed by atoms with Crippen LogP contribution in [0, 0.1) is 0 Å². The fourth-order valence-corrected chi connectivity index (χ4v) is 2.71. The van der Waals surface area contributed by atoms with E-state index in [0.717, 1.165) is 23.0 Å². The second kappa shape index (κ2) is 7.87. The van der Waals surface area contributed by atoms with Crippen molar-refractivity contribution in [2.45, 2.75) is 20.1 Å². The maximum Gasteiger partial charge on any atom is 0.188 e. The highest BCUT2D eigenvalue weighted by Crippen LogP contribution is 2.21. The van der Waals surface area contributed by atoms with Crippen molar-refractivity contribution in [2.24, 2.45) is 0 Å². The molecule has 3 heterocycles. The second-order valence-electron chi connectivity index (χ2n) is 5.91. The first-order valence-corrected chi connectivity index (χ1v) is 8.79. The Balaban J connectivity index is 1.52. The van der Waals surface area contributed by atoms with Crippen LogP contribution in [0.3, 0.4) is 0 Å². The fraction of sp³-hybridized carbons (Fsp3) is 0.211. The molecule has 0 aliphatic heterocycles. The summed E-state index contributed by atoms with van der Waals surface area (Å²) < 4.78 is 14.6. The Hall–Kier alpha value is -3.75. The zero-order valence-electron chi connectivity index (χ0n) is 15.6. The molecule has 4 rings (SSSR count). The number of methoxy groups -OCH3 is 1. The molecule has 142 valence electrons. The SMILES string of the molecule is CCn1nc(COc2cccc(OC)c2)nc1-c1ccc(-n2cnnc2)nc1. The Bertz CT molecular complexity index is 1040. The lowest BCUT2D eigenvalue weighted by molar-refractivity contribution is 0.293. The van der Waals surface area contributed by atoms with Crippen molar-refractivity contribution in [3.8, 4) is 28.7 Å². The minimum atomic E-state index is 0.263. The minimum absolute atomic E-state index is 0.263. The van der Waals surface area contributed by atoms with Gasteiger partial charge in [-0.15, -0.1) is 10.2 Å². The molecule has 0 spiro atoms. The van der Waals surface area contributed by atoms with Gasteiger partial charge in [-0.2, -0.15) is 5.10 Å². The van der Waals surface area contributed by atoms with Crippen LogP contribution in [0.5, 0.6) is 11.5 Å². The molecular weight excluding hydrogens is 358 g/mol. The number of rotatable bonds is 7. The average molecular weight is 377 g/mol. The van der Waals surface area contributed by atoms with Crippen molar-refractivity contribution < 1.29 is 9.47 Å². The van der Waals surface area contributed by atoms with Gasteiger partial charge in [0.1, 0.15) is 36.6 Å². The number of benzene rings is 1. The molecule has 0 bridgehead atoms. The van der Waals surface area contributed by atoms with E-state index in [4.69, 9.17) is 9.47 Å². The van der Waals surface area contributed by atoms with Gasteiger partial charge >= 0.3 is 0 Å². The molecule has 1 aromatic carbocycles. The first kappa shape index (κ1) is 17.7. The topological polar surface area (TPSA) is 92.8 Å². The van der Waals surface area contributed by atoms with E-state index in [1.165, 1.54) is 0 Å². The molecule has 0 N–H and O–H groups in total. The van der Waals surface area contributed by atoms with E-state index < -0.39 is 0 Å². The summed E-state index contributed by atoms with van der Waals surface area (Å²) in [5.41, 5.74) is 0.874. The van der Waals surface area contributed by atoms with Gasteiger partial charge in [0, 0.05) is 24.4 Å². The molecular formula is C19H19N7O2. The number of hydrogen-bond acceptors (Lipinski definition) is 7. The maximum absolute atomic E-state index is 5.80. The van der Waals surface area contributed by atoms with Gasteiger partial charge in [-0.3, -0.25) is 4.57 Å². The Morgan fingerprint density at radius 3 is 2.57 bits per heavy atom. The van der Waals surface area contributed by atoms with Gasteiger partial charge < -0.3 is 9.47 Å². The number of ether oxygens (including phenoxy) is 2. The van der Waals surface area contributed by atoms with Crippen LogP contribution < -0.4 is 9.47 Å². The average Bonchev–Trinajstić information content (AvgIpc) is 3.42. The summed E-state index contributed by atoms with van der Waals surface area (Å²) >= 11 is 0. The van der Waals surface area contributed by atoms with Crippen LogP contribution in [-0.4, -0.2) is 41.6 Å². The Kier molecular flexibility index (Phi) is 4.96. The maximum atomic E-state index is 5.80. The summed E-state index contributed by atoms with van der Waals surface area (Å²) in [6.07, 6.45) is 4.97. The van der Waals surface area contributed by atoms with Gasteiger partial charge in [0.2, 0.25) is 0 Å². The molecule has 0 unspecified atom stereocenters. The highest BCUT2D eigenvalue weighted by molar-refractivity contribution is 5.54. The van der Waals surface area contributed by atoms with Crippen molar-refractivity contribution in [1.29, 1.82) is 0 Å². The van der Waals surface area contributed by atoms with E-state index in [1.54, 1.807) is 30.5 Å². The van der Waals surface area contributed by atoms with Gasteiger partial charge in [0.15, 0.2) is 11.6 Å². The quantitative estimate of drug-likeness (QED) is 0.488. The smallest absolute Gasteiger partial charge is 0.188 e. The van der Waals surface area contributed by atoms with Crippen LogP contribution in [0.15, 0.2) is 55.2 Å². The summed E-state index contributed by atoms with van der Waals surface area (Å²) in [7, 11) is 1.62. The molecule has 3 aromatic heterocycles. The summed E-state index contributed by atoms with van der Waals surface area (Å²) in [5, 5.41) is 12.1. The van der Waals surface area contributed by atoms with Crippen LogP contribution in [0.4, 0.5) is 0 Å². The van der Waals surface area contributed by atoms with Crippen molar-refractivity contribution in [3.63, 3.8) is 0 Å². The summed E-state index contributed by atoms with van der Waals surface area (Å²) in [6, 6.07) is 11.3. The van der Waals surface area contributed by atoms with E-state index >= 15 is 0 Å². The number of nitrogens with zero attached hydrogens (tertiary/aromatic N) is 7. The van der Waals surface area contributed by atoms with Gasteiger partial charge in [0.05, 0.1) is 7.11 Å². The van der Waals surface area contributed by atoms with E-state index in [-0.39, 0.29) is 6.61 Å². The van der Waals surface area contributed by atoms with E-state index in [9.17, 15) is 0 Å². The number of aryl methyl sites for hydroxylation is 1. The molecule has 0 fully saturated rings. The van der Waals surface area contributed by atoms with E-state index in [0.29, 0.717) is 18.1 Å². The number of hydrogen-bond donors (Lipinski definition) is 0. The molecule has 0 saturated heterocycles. The monoisotopic (exact) mass is 377 g/mol. The van der Waals surface area contributed by atoms with Crippen LogP contribution >= 0.6 is 0 Å². The van der Waals surface area contributed by atoms with E-state index in [2.05, 4.69) is 25.3 Å². The molecule has 0 amide bonds. The second-order valence-corrected chi connectivity index (χ2v) is 5.91. The Morgan fingerprint density at radius 1 is 1.04 bits per heavy atom. The van der Waals surface area contributed by atoms with Gasteiger partial charge in [-0.1, -0.05) is 6.07 Å². The summed E-state index contributed by atoms with van der Waals surface area (Å²) in [4.78, 5) is 9.08. The molecule has 0 atom stereocenters. The van der Waals surface area contributed by atoms with Crippen molar-refractivity contribution in [3.05, 3.63) is 61.1 Å². The lowest BCUT2D eigenvalue weighted by Crippen LogP contribution is -2.02. The lowest BCUT2D eigenvalue weighted by atomic mass is 10.2. The van der Waals surface area contributed by atoms with Gasteiger partial charge in [-0.25, -0.2) is 14.6 Å². The third-order valence-corrected chi connectivity index (χ3v) is 4.11. The van der Waals surface area contributed by atoms with Crippen LogP contribution in [-0.2, 0) is 13.2 Å². The summed E-state index contributed by atoms with van der Waals surface area (Å²) in [6.45, 7) is 2.97. The Labute approximate surface area is 161 Å². The molecule has 4 aromatic rings. The lowest BCUT2D eigenvalue weighted by Gasteiger charge is -2.05. The van der Waals surface area contributed by atoms with Crippen molar-refractivity contribution in [1.82, 2.24) is 34.5 Å². The highest BCUT2D eigenvalue weighted by Gasteiger charge is 2.12. The van der Waals surface area contributed by atoms with Crippen molar-refractivity contribution in [2.75, 3.05) is 7.11 Å². The fourth-order valence-electron chi connectivity index (χ4n) is 2.71. The minimum Gasteiger partial charge on any atom is -0.497 e. The molecule has 0 aliphatic rings. The standard InChI is InChI=1S/C19H19N7O2/c1-3-26-19(14-7-8-18(20-10-14)25-12-21-22-13-25)23-17(24-26)11-28-16-6-4-5-15(9-16)27-2/h4-10,12-13H,3,11H2,1-2H3. The molecule has 0 saturated carbocycles. The predicted octanol–water partition coefficient (Wildman–Crippen LogP) is 2.53. The predicted molar refractivity (Wildman–Crippen MR) is 101 cm³/mol. The third kappa shape index (κ3) is 3.68. The molecule has 9 nitrogen and oxygen atoms in total. The molecule has 0 radical (unpaired) electrons. The number of pyridine rings is 1.